The summed E-state index contributed by atoms with van der Waals surface area (Å²) in [4.78, 5) is 1.22. The van der Waals surface area contributed by atoms with Gasteiger partial charge in [-0.1, -0.05) is 29.8 Å². The summed E-state index contributed by atoms with van der Waals surface area (Å²) in [5.74, 6) is 0.926. The summed E-state index contributed by atoms with van der Waals surface area (Å²) < 4.78 is 30.9. The lowest BCUT2D eigenvalue weighted by atomic mass is 10.2. The maximum Gasteiger partial charge on any atom is 0.294 e. The highest BCUT2D eigenvalue weighted by atomic mass is 32.2. The summed E-state index contributed by atoms with van der Waals surface area (Å²) in [5.41, 5.74) is 3.58. The van der Waals surface area contributed by atoms with Crippen LogP contribution in [0.25, 0.3) is 0 Å². The van der Waals surface area contributed by atoms with E-state index in [9.17, 15) is 8.42 Å². The molecule has 0 saturated carbocycles. The van der Waals surface area contributed by atoms with Crippen molar-refractivity contribution in [1.29, 1.82) is 0 Å². The maximum absolute atomic E-state index is 11.0. The molecule has 0 aromatic heterocycles. The van der Waals surface area contributed by atoms with Gasteiger partial charge in [-0.05, 0) is 49.6 Å². The average Bonchev–Trinajstić information content (AvgIpc) is 2.42. The molecule has 0 fully saturated rings. The van der Waals surface area contributed by atoms with Gasteiger partial charge >= 0.3 is 0 Å². The Morgan fingerprint density at radius 3 is 2.33 bits per heavy atom. The van der Waals surface area contributed by atoms with Crippen molar-refractivity contribution >= 4 is 21.9 Å². The summed E-state index contributed by atoms with van der Waals surface area (Å²) in [6, 6.07) is 12.8. The van der Waals surface area contributed by atoms with E-state index in [1.807, 2.05) is 0 Å². The van der Waals surface area contributed by atoms with E-state index in [1.165, 1.54) is 28.2 Å². The van der Waals surface area contributed by atoms with Crippen LogP contribution >= 0.6 is 11.8 Å². The van der Waals surface area contributed by atoms with E-state index in [0.29, 0.717) is 0 Å². The molecule has 21 heavy (non-hydrogen) atoms. The van der Waals surface area contributed by atoms with Gasteiger partial charge in [-0.25, -0.2) is 0 Å². The van der Waals surface area contributed by atoms with E-state index in [0.717, 1.165) is 17.7 Å². The summed E-state index contributed by atoms with van der Waals surface area (Å²) >= 11 is 1.80. The average molecular weight is 322 g/mol. The number of thioether (sulfide) groups is 1. The second kappa shape index (κ2) is 6.64. The molecule has 2 rings (SSSR count). The quantitative estimate of drug-likeness (QED) is 0.670. The Labute approximate surface area is 130 Å². The van der Waals surface area contributed by atoms with Gasteiger partial charge in [0.2, 0.25) is 0 Å². The number of hydrogen-bond donors (Lipinski definition) is 1. The Kier molecular flexibility index (Phi) is 5.08. The Morgan fingerprint density at radius 2 is 1.71 bits per heavy atom. The molecule has 1 N–H and O–H groups in total. The standard InChI is InChI=1S/C16H18O3S2/c1-12-3-4-13(2)16(11-12)20-10-9-14-5-7-15(8-6-14)21(17,18)19/h3-8,11H,9-10H2,1-2H3,(H,17,18,19). The predicted octanol–water partition coefficient (Wildman–Crippen LogP) is 3.88. The Bertz CT molecular complexity index is 720. The van der Waals surface area contributed by atoms with Gasteiger partial charge in [0.25, 0.3) is 10.1 Å². The fraction of sp³-hybridized carbons (Fsp3) is 0.250. The highest BCUT2D eigenvalue weighted by molar-refractivity contribution is 7.99. The zero-order valence-electron chi connectivity index (χ0n) is 12.0. The molecule has 0 atom stereocenters. The Hall–Kier alpha value is -1.30. The molecule has 5 heteroatoms. The molecular weight excluding hydrogens is 304 g/mol. The molecule has 2 aromatic rings. The van der Waals surface area contributed by atoms with Crippen molar-refractivity contribution in [2.45, 2.75) is 30.1 Å². The van der Waals surface area contributed by atoms with Gasteiger partial charge in [0, 0.05) is 10.6 Å². The minimum absolute atomic E-state index is 0.0616. The van der Waals surface area contributed by atoms with Crippen LogP contribution < -0.4 is 0 Å². The first-order valence-electron chi connectivity index (χ1n) is 6.63. The molecule has 112 valence electrons. The van der Waals surface area contributed by atoms with Crippen LogP contribution in [0.5, 0.6) is 0 Å². The van der Waals surface area contributed by atoms with Crippen molar-refractivity contribution in [2.24, 2.45) is 0 Å². The van der Waals surface area contributed by atoms with E-state index >= 15 is 0 Å². The molecule has 0 aliphatic heterocycles. The zero-order chi connectivity index (χ0) is 15.5. The van der Waals surface area contributed by atoms with Gasteiger partial charge in [0.1, 0.15) is 0 Å². The van der Waals surface area contributed by atoms with Gasteiger partial charge < -0.3 is 0 Å². The third-order valence-electron chi connectivity index (χ3n) is 3.21. The summed E-state index contributed by atoms with van der Waals surface area (Å²) in [7, 11) is -4.10. The largest absolute Gasteiger partial charge is 0.294 e. The molecule has 0 heterocycles. The fourth-order valence-electron chi connectivity index (χ4n) is 1.97. The molecule has 2 aromatic carbocycles. The number of hydrogen-bond acceptors (Lipinski definition) is 3. The monoisotopic (exact) mass is 322 g/mol. The van der Waals surface area contributed by atoms with Crippen LogP contribution in [0.15, 0.2) is 52.3 Å². The van der Waals surface area contributed by atoms with Crippen LogP contribution in [0.4, 0.5) is 0 Å². The van der Waals surface area contributed by atoms with Crippen molar-refractivity contribution in [1.82, 2.24) is 0 Å². The van der Waals surface area contributed by atoms with E-state index in [-0.39, 0.29) is 4.90 Å². The van der Waals surface area contributed by atoms with Crippen molar-refractivity contribution in [3.63, 3.8) is 0 Å². The van der Waals surface area contributed by atoms with E-state index in [1.54, 1.807) is 23.9 Å². The van der Waals surface area contributed by atoms with Gasteiger partial charge in [0.15, 0.2) is 0 Å². The number of rotatable bonds is 5. The topological polar surface area (TPSA) is 54.4 Å². The minimum Gasteiger partial charge on any atom is -0.282 e. The summed E-state index contributed by atoms with van der Waals surface area (Å²) in [6.07, 6.45) is 0.851. The molecule has 3 nitrogen and oxygen atoms in total. The van der Waals surface area contributed by atoms with Gasteiger partial charge in [-0.2, -0.15) is 8.42 Å². The minimum atomic E-state index is -4.10. The molecule has 0 spiro atoms. The Morgan fingerprint density at radius 1 is 1.05 bits per heavy atom. The smallest absolute Gasteiger partial charge is 0.282 e. The SMILES string of the molecule is Cc1ccc(C)c(SCCc2ccc(S(=O)(=O)O)cc2)c1. The van der Waals surface area contributed by atoms with Crippen LogP contribution in [0, 0.1) is 13.8 Å². The molecule has 0 radical (unpaired) electrons. The molecule has 0 saturated heterocycles. The van der Waals surface area contributed by atoms with Crippen molar-refractivity contribution in [3.8, 4) is 0 Å². The second-order valence-corrected chi connectivity index (χ2v) is 7.54. The van der Waals surface area contributed by atoms with Crippen LogP contribution in [0.1, 0.15) is 16.7 Å². The maximum atomic E-state index is 11.0. The first kappa shape index (κ1) is 16.1. The lowest BCUT2D eigenvalue weighted by Crippen LogP contribution is -1.98. The van der Waals surface area contributed by atoms with Crippen LogP contribution in [-0.4, -0.2) is 18.7 Å². The molecule has 0 bridgehead atoms. The van der Waals surface area contributed by atoms with E-state index in [4.69, 9.17) is 4.55 Å². The van der Waals surface area contributed by atoms with Crippen molar-refractivity contribution in [3.05, 3.63) is 59.2 Å². The first-order chi connectivity index (χ1) is 9.86. The lowest BCUT2D eigenvalue weighted by molar-refractivity contribution is 0.483. The number of benzene rings is 2. The van der Waals surface area contributed by atoms with E-state index in [2.05, 4.69) is 32.0 Å². The normalized spacial score (nSPS) is 11.6. The summed E-state index contributed by atoms with van der Waals surface area (Å²) in [5, 5.41) is 0. The molecular formula is C16H18O3S2. The third kappa shape index (κ3) is 4.59. The predicted molar refractivity (Wildman–Crippen MR) is 86.6 cm³/mol. The highest BCUT2D eigenvalue weighted by Crippen LogP contribution is 2.24. The molecule has 0 aliphatic carbocycles. The fourth-order valence-corrected chi connectivity index (χ4v) is 3.57. The number of aryl methyl sites for hydroxylation is 3. The Balaban J connectivity index is 1.96. The first-order valence-corrected chi connectivity index (χ1v) is 9.05. The van der Waals surface area contributed by atoms with Crippen LogP contribution in [0.3, 0.4) is 0 Å². The summed E-state index contributed by atoms with van der Waals surface area (Å²) in [6.45, 7) is 4.18. The van der Waals surface area contributed by atoms with Crippen LogP contribution in [0.2, 0.25) is 0 Å². The third-order valence-corrected chi connectivity index (χ3v) is 5.24. The highest BCUT2D eigenvalue weighted by Gasteiger charge is 2.08. The molecule has 0 aliphatic rings. The van der Waals surface area contributed by atoms with Crippen LogP contribution in [-0.2, 0) is 16.5 Å². The van der Waals surface area contributed by atoms with E-state index < -0.39 is 10.1 Å². The van der Waals surface area contributed by atoms with Crippen molar-refractivity contribution in [2.75, 3.05) is 5.75 Å². The second-order valence-electron chi connectivity index (χ2n) is 4.99. The molecule has 0 amide bonds. The lowest BCUT2D eigenvalue weighted by Gasteiger charge is -2.07. The van der Waals surface area contributed by atoms with Gasteiger partial charge in [0.05, 0.1) is 4.90 Å². The zero-order valence-corrected chi connectivity index (χ0v) is 13.7. The molecule has 0 unspecified atom stereocenters. The van der Waals surface area contributed by atoms with Gasteiger partial charge in [-0.15, -0.1) is 11.8 Å². The van der Waals surface area contributed by atoms with Gasteiger partial charge in [-0.3, -0.25) is 4.55 Å². The van der Waals surface area contributed by atoms with Crippen molar-refractivity contribution < 1.29 is 13.0 Å².